The molecular formula is C9H12NO2S. The van der Waals surface area contributed by atoms with Crippen LogP contribution in [0.1, 0.15) is 6.92 Å². The first kappa shape index (κ1) is 10.1. The maximum absolute atomic E-state index is 11.3. The average molecular weight is 198 g/mol. The summed E-state index contributed by atoms with van der Waals surface area (Å²) in [6, 6.07) is 9.75. The number of benzene rings is 1. The van der Waals surface area contributed by atoms with E-state index in [4.69, 9.17) is 0 Å². The van der Waals surface area contributed by atoms with Crippen molar-refractivity contribution in [1.82, 2.24) is 0 Å². The predicted octanol–water partition coefficient (Wildman–Crippen LogP) is 1.27. The lowest BCUT2D eigenvalue weighted by Gasteiger charge is -2.19. The van der Waals surface area contributed by atoms with Crippen LogP contribution < -0.4 is 4.31 Å². The molecule has 0 aliphatic carbocycles. The summed E-state index contributed by atoms with van der Waals surface area (Å²) in [7, 11) is -3.15. The molecule has 0 aliphatic rings. The Morgan fingerprint density at radius 3 is 2.62 bits per heavy atom. The van der Waals surface area contributed by atoms with E-state index < -0.39 is 10.0 Å². The van der Waals surface area contributed by atoms with Gasteiger partial charge < -0.3 is 0 Å². The zero-order valence-corrected chi connectivity index (χ0v) is 8.50. The van der Waals surface area contributed by atoms with Crippen LogP contribution in [0.3, 0.4) is 0 Å². The highest BCUT2D eigenvalue weighted by Gasteiger charge is 2.13. The first-order chi connectivity index (χ1) is 6.05. The normalized spacial score (nSPS) is 11.2. The molecule has 0 N–H and O–H groups in total. The van der Waals surface area contributed by atoms with E-state index in [2.05, 4.69) is 6.07 Å². The Bertz CT molecular complexity index is 358. The van der Waals surface area contributed by atoms with Crippen LogP contribution in [0.15, 0.2) is 24.3 Å². The van der Waals surface area contributed by atoms with E-state index in [1.54, 1.807) is 31.2 Å². The van der Waals surface area contributed by atoms with Crippen LogP contribution in [0.4, 0.5) is 5.69 Å². The third kappa shape index (κ3) is 2.45. The second kappa shape index (κ2) is 3.79. The molecule has 0 aliphatic heterocycles. The highest BCUT2D eigenvalue weighted by atomic mass is 32.2. The van der Waals surface area contributed by atoms with E-state index in [0.717, 1.165) is 0 Å². The molecule has 0 heterocycles. The van der Waals surface area contributed by atoms with Gasteiger partial charge in [0.15, 0.2) is 0 Å². The van der Waals surface area contributed by atoms with Crippen LogP contribution in [-0.4, -0.2) is 21.2 Å². The molecular weight excluding hydrogens is 186 g/mol. The number of hydrogen-bond donors (Lipinski definition) is 0. The summed E-state index contributed by atoms with van der Waals surface area (Å²) < 4.78 is 23.9. The van der Waals surface area contributed by atoms with Crippen LogP contribution in [0.25, 0.3) is 0 Å². The third-order valence-electron chi connectivity index (χ3n) is 1.67. The number of rotatable bonds is 3. The Morgan fingerprint density at radius 2 is 2.23 bits per heavy atom. The summed E-state index contributed by atoms with van der Waals surface area (Å²) in [5, 5.41) is 0. The van der Waals surface area contributed by atoms with E-state index in [-0.39, 0.29) is 0 Å². The van der Waals surface area contributed by atoms with E-state index in [1.165, 1.54) is 10.6 Å². The largest absolute Gasteiger partial charge is 0.271 e. The highest BCUT2D eigenvalue weighted by Crippen LogP contribution is 2.15. The van der Waals surface area contributed by atoms with Crippen molar-refractivity contribution in [3.8, 4) is 0 Å². The molecule has 0 aromatic heterocycles. The lowest BCUT2D eigenvalue weighted by atomic mass is 10.3. The van der Waals surface area contributed by atoms with Crippen molar-refractivity contribution in [3.63, 3.8) is 0 Å². The number of nitrogens with zero attached hydrogens (tertiary/aromatic N) is 1. The summed E-state index contributed by atoms with van der Waals surface area (Å²) in [6.07, 6.45) is 1.20. The van der Waals surface area contributed by atoms with Crippen LogP contribution in [0, 0.1) is 6.07 Å². The Balaban J connectivity index is 3.06. The van der Waals surface area contributed by atoms with Crippen molar-refractivity contribution in [2.24, 2.45) is 0 Å². The van der Waals surface area contributed by atoms with Gasteiger partial charge in [-0.1, -0.05) is 12.1 Å². The Kier molecular flexibility index (Phi) is 2.93. The summed E-state index contributed by atoms with van der Waals surface area (Å²) in [5.74, 6) is 0. The van der Waals surface area contributed by atoms with Crippen molar-refractivity contribution < 1.29 is 8.42 Å². The van der Waals surface area contributed by atoms with Crippen LogP contribution in [0.2, 0.25) is 0 Å². The molecule has 71 valence electrons. The molecule has 13 heavy (non-hydrogen) atoms. The van der Waals surface area contributed by atoms with Gasteiger partial charge in [0.1, 0.15) is 0 Å². The van der Waals surface area contributed by atoms with E-state index in [9.17, 15) is 8.42 Å². The van der Waals surface area contributed by atoms with Crippen molar-refractivity contribution in [3.05, 3.63) is 30.3 Å². The maximum Gasteiger partial charge on any atom is 0.232 e. The minimum atomic E-state index is -3.15. The second-order valence-corrected chi connectivity index (χ2v) is 4.60. The molecule has 0 atom stereocenters. The topological polar surface area (TPSA) is 37.4 Å². The highest BCUT2D eigenvalue weighted by molar-refractivity contribution is 7.92. The SMILES string of the molecule is CCN(c1c[c]ccc1)S(C)(=O)=O. The summed E-state index contributed by atoms with van der Waals surface area (Å²) in [4.78, 5) is 0. The predicted molar refractivity (Wildman–Crippen MR) is 53.1 cm³/mol. The number of anilines is 1. The van der Waals surface area contributed by atoms with Gasteiger partial charge in [0.25, 0.3) is 0 Å². The van der Waals surface area contributed by atoms with Crippen molar-refractivity contribution in [2.75, 3.05) is 17.1 Å². The summed E-state index contributed by atoms with van der Waals surface area (Å²) in [6.45, 7) is 2.24. The molecule has 0 bridgehead atoms. The molecule has 0 spiro atoms. The fourth-order valence-corrected chi connectivity index (χ4v) is 2.11. The molecule has 4 heteroatoms. The van der Waals surface area contributed by atoms with Crippen LogP contribution in [-0.2, 0) is 10.0 Å². The smallest absolute Gasteiger partial charge is 0.232 e. The summed E-state index contributed by atoms with van der Waals surface area (Å²) >= 11 is 0. The molecule has 1 rings (SSSR count). The van der Waals surface area contributed by atoms with Gasteiger partial charge >= 0.3 is 0 Å². The first-order valence-corrected chi connectivity index (χ1v) is 5.84. The fraction of sp³-hybridized carbons (Fsp3) is 0.333. The molecule has 1 aromatic carbocycles. The monoisotopic (exact) mass is 198 g/mol. The lowest BCUT2D eigenvalue weighted by Crippen LogP contribution is -2.29. The van der Waals surface area contributed by atoms with Gasteiger partial charge in [0, 0.05) is 6.54 Å². The van der Waals surface area contributed by atoms with Crippen LogP contribution in [0.5, 0.6) is 0 Å². The Labute approximate surface area is 79.0 Å². The van der Waals surface area contributed by atoms with Crippen molar-refractivity contribution >= 4 is 15.7 Å². The third-order valence-corrected chi connectivity index (χ3v) is 2.94. The standard InChI is InChI=1S/C9H12NO2S/c1-3-10(13(2,11)12)9-7-5-4-6-8-9/h4-5,7-8H,3H2,1-2H3. The fourth-order valence-electron chi connectivity index (χ4n) is 1.15. The van der Waals surface area contributed by atoms with Gasteiger partial charge in [-0.25, -0.2) is 8.42 Å². The Morgan fingerprint density at radius 1 is 1.54 bits per heavy atom. The zero-order chi connectivity index (χ0) is 9.90. The lowest BCUT2D eigenvalue weighted by molar-refractivity contribution is 0.598. The minimum absolute atomic E-state index is 0.441. The molecule has 0 fully saturated rings. The number of sulfonamides is 1. The molecule has 0 saturated carbocycles. The van der Waals surface area contributed by atoms with E-state index in [0.29, 0.717) is 12.2 Å². The van der Waals surface area contributed by atoms with Crippen molar-refractivity contribution in [1.29, 1.82) is 0 Å². The van der Waals surface area contributed by atoms with Gasteiger partial charge in [0.05, 0.1) is 11.9 Å². The minimum Gasteiger partial charge on any atom is -0.271 e. The van der Waals surface area contributed by atoms with E-state index >= 15 is 0 Å². The van der Waals surface area contributed by atoms with Gasteiger partial charge in [-0.05, 0) is 25.1 Å². The van der Waals surface area contributed by atoms with Gasteiger partial charge in [0.2, 0.25) is 10.0 Å². The average Bonchev–Trinajstić information content (AvgIpc) is 2.05. The maximum atomic E-state index is 11.3. The molecule has 0 unspecified atom stereocenters. The zero-order valence-electron chi connectivity index (χ0n) is 7.69. The molecule has 1 radical (unpaired) electrons. The van der Waals surface area contributed by atoms with Gasteiger partial charge in [-0.2, -0.15) is 0 Å². The van der Waals surface area contributed by atoms with E-state index in [1.807, 2.05) is 0 Å². The molecule has 3 nitrogen and oxygen atoms in total. The van der Waals surface area contributed by atoms with Gasteiger partial charge in [-0.3, -0.25) is 4.31 Å². The molecule has 0 saturated heterocycles. The van der Waals surface area contributed by atoms with Crippen LogP contribution >= 0.6 is 0 Å². The number of hydrogen-bond acceptors (Lipinski definition) is 2. The first-order valence-electron chi connectivity index (χ1n) is 3.99. The van der Waals surface area contributed by atoms with Gasteiger partial charge in [-0.15, -0.1) is 0 Å². The van der Waals surface area contributed by atoms with Crippen molar-refractivity contribution in [2.45, 2.75) is 6.92 Å². The summed E-state index contributed by atoms with van der Waals surface area (Å²) in [5.41, 5.74) is 0.660. The second-order valence-electron chi connectivity index (χ2n) is 2.69. The molecule has 0 amide bonds. The Hall–Kier alpha value is -1.03. The molecule has 1 aromatic rings. The quantitative estimate of drug-likeness (QED) is 0.733.